The second-order valence-corrected chi connectivity index (χ2v) is 5.49. The number of carbonyl (C=O) groups is 1. The summed E-state index contributed by atoms with van der Waals surface area (Å²) in [6.45, 7) is 1.08. The van der Waals surface area contributed by atoms with Gasteiger partial charge < -0.3 is 14.6 Å². The molecule has 1 N–H and O–H groups in total. The third-order valence-corrected chi connectivity index (χ3v) is 3.91. The fraction of sp³-hybridized carbons (Fsp3) is 0.375. The highest BCUT2D eigenvalue weighted by Crippen LogP contribution is 2.13. The van der Waals surface area contributed by atoms with Gasteiger partial charge in [0, 0.05) is 31.8 Å². The normalized spacial score (nSPS) is 17.8. The summed E-state index contributed by atoms with van der Waals surface area (Å²) in [5.74, 6) is -0.955. The number of halogens is 1. The van der Waals surface area contributed by atoms with Gasteiger partial charge in [0.05, 0.1) is 11.6 Å². The Balaban J connectivity index is 1.91. The third kappa shape index (κ3) is 2.74. The average molecular weight is 304 g/mol. The summed E-state index contributed by atoms with van der Waals surface area (Å²) in [6.07, 6.45) is 3.37. The maximum Gasteiger partial charge on any atom is 0.256 e. The van der Waals surface area contributed by atoms with Gasteiger partial charge in [-0.15, -0.1) is 0 Å². The van der Waals surface area contributed by atoms with Crippen molar-refractivity contribution in [3.63, 3.8) is 0 Å². The third-order valence-electron chi connectivity index (χ3n) is 3.91. The molecule has 5 nitrogen and oxygen atoms in total. The molecule has 1 aliphatic rings. The minimum Gasteiger partial charge on any atom is -0.376 e. The molecule has 2 aromatic rings. The van der Waals surface area contributed by atoms with E-state index in [1.807, 2.05) is 0 Å². The lowest BCUT2D eigenvalue weighted by Crippen LogP contribution is -2.35. The van der Waals surface area contributed by atoms with Gasteiger partial charge in [-0.1, -0.05) is 0 Å². The number of aromatic nitrogens is 1. The highest BCUT2D eigenvalue weighted by molar-refractivity contribution is 5.97. The lowest BCUT2D eigenvalue weighted by Gasteiger charge is -2.12. The molecule has 0 saturated carbocycles. The van der Waals surface area contributed by atoms with Crippen LogP contribution in [0, 0.1) is 5.82 Å². The highest BCUT2D eigenvalue weighted by atomic mass is 19.1. The van der Waals surface area contributed by atoms with E-state index in [4.69, 9.17) is 4.74 Å². The van der Waals surface area contributed by atoms with Gasteiger partial charge in [-0.05, 0) is 31.0 Å². The number of hydrogen-bond acceptors (Lipinski definition) is 3. The summed E-state index contributed by atoms with van der Waals surface area (Å²) < 4.78 is 20.4. The van der Waals surface area contributed by atoms with Gasteiger partial charge in [-0.25, -0.2) is 4.39 Å². The quantitative estimate of drug-likeness (QED) is 0.936. The zero-order valence-electron chi connectivity index (χ0n) is 12.3. The Morgan fingerprint density at radius 2 is 2.32 bits per heavy atom. The van der Waals surface area contributed by atoms with E-state index in [-0.39, 0.29) is 17.1 Å². The predicted molar refractivity (Wildman–Crippen MR) is 80.5 cm³/mol. The number of nitrogens with zero attached hydrogens (tertiary/aromatic N) is 1. The fourth-order valence-corrected chi connectivity index (χ4v) is 2.73. The molecule has 116 valence electrons. The number of fused-ring (bicyclic) bond motifs is 1. The van der Waals surface area contributed by atoms with Crippen LogP contribution in [0.15, 0.2) is 29.2 Å². The van der Waals surface area contributed by atoms with Crippen LogP contribution < -0.4 is 10.7 Å². The Kier molecular flexibility index (Phi) is 3.94. The Hall–Kier alpha value is -2.21. The number of carbonyl (C=O) groups excluding carboxylic acids is 1. The van der Waals surface area contributed by atoms with Crippen molar-refractivity contribution in [2.45, 2.75) is 18.9 Å². The van der Waals surface area contributed by atoms with Crippen molar-refractivity contribution in [3.05, 3.63) is 46.0 Å². The minimum atomic E-state index is -0.499. The highest BCUT2D eigenvalue weighted by Gasteiger charge is 2.19. The number of hydrogen-bond donors (Lipinski definition) is 1. The fourth-order valence-electron chi connectivity index (χ4n) is 2.73. The number of ether oxygens (including phenoxy) is 1. The van der Waals surface area contributed by atoms with Gasteiger partial charge >= 0.3 is 0 Å². The van der Waals surface area contributed by atoms with Crippen molar-refractivity contribution in [2.24, 2.45) is 7.05 Å². The van der Waals surface area contributed by atoms with E-state index in [9.17, 15) is 14.0 Å². The molecule has 22 heavy (non-hydrogen) atoms. The molecular weight excluding hydrogens is 287 g/mol. The Bertz CT molecular complexity index is 779. The summed E-state index contributed by atoms with van der Waals surface area (Å²) in [7, 11) is 1.72. The molecule has 1 fully saturated rings. The van der Waals surface area contributed by atoms with Crippen molar-refractivity contribution < 1.29 is 13.9 Å². The summed E-state index contributed by atoms with van der Waals surface area (Å²) >= 11 is 0. The topological polar surface area (TPSA) is 60.3 Å². The van der Waals surface area contributed by atoms with Gasteiger partial charge in [0.1, 0.15) is 11.4 Å². The largest absolute Gasteiger partial charge is 0.376 e. The standard InChI is InChI=1S/C16H17FN2O3/c1-19-9-13(16(21)18-8-11-3-2-6-22-11)15(20)12-7-10(17)4-5-14(12)19/h4-5,7,9,11H,2-3,6,8H2,1H3,(H,18,21)/t11-/m0/s1. The maximum atomic E-state index is 13.4. The average Bonchev–Trinajstić information content (AvgIpc) is 3.01. The summed E-state index contributed by atoms with van der Waals surface area (Å²) in [5, 5.41) is 2.92. The van der Waals surface area contributed by atoms with E-state index in [1.54, 1.807) is 11.6 Å². The molecule has 1 atom stereocenters. The lowest BCUT2D eigenvalue weighted by atomic mass is 10.1. The Labute approximate surface area is 126 Å². The predicted octanol–water partition coefficient (Wildman–Crippen LogP) is 1.59. The lowest BCUT2D eigenvalue weighted by molar-refractivity contribution is 0.0856. The number of aryl methyl sites for hydroxylation is 1. The van der Waals surface area contributed by atoms with Crippen molar-refractivity contribution in [1.82, 2.24) is 9.88 Å². The molecule has 2 heterocycles. The van der Waals surface area contributed by atoms with E-state index in [1.165, 1.54) is 18.3 Å². The molecule has 1 aromatic carbocycles. The van der Waals surface area contributed by atoms with Crippen molar-refractivity contribution in [3.8, 4) is 0 Å². The van der Waals surface area contributed by atoms with Gasteiger partial charge in [0.25, 0.3) is 5.91 Å². The van der Waals surface area contributed by atoms with Crippen LogP contribution in [0.3, 0.4) is 0 Å². The molecule has 6 heteroatoms. The van der Waals surface area contributed by atoms with E-state index in [2.05, 4.69) is 5.32 Å². The molecule has 1 aliphatic heterocycles. The molecule has 0 aliphatic carbocycles. The van der Waals surface area contributed by atoms with E-state index in [0.717, 1.165) is 18.9 Å². The first-order valence-electron chi connectivity index (χ1n) is 7.25. The molecule has 1 saturated heterocycles. The molecule has 0 bridgehead atoms. The van der Waals surface area contributed by atoms with Crippen LogP contribution in [0.25, 0.3) is 10.9 Å². The summed E-state index contributed by atoms with van der Waals surface area (Å²) in [6, 6.07) is 3.98. The zero-order valence-corrected chi connectivity index (χ0v) is 12.3. The van der Waals surface area contributed by atoms with E-state index in [0.29, 0.717) is 18.7 Å². The van der Waals surface area contributed by atoms with E-state index >= 15 is 0 Å². The first-order chi connectivity index (χ1) is 10.6. The van der Waals surface area contributed by atoms with Gasteiger partial charge in [-0.2, -0.15) is 0 Å². The number of rotatable bonds is 3. The second-order valence-electron chi connectivity index (χ2n) is 5.49. The van der Waals surface area contributed by atoms with Crippen molar-refractivity contribution >= 4 is 16.8 Å². The van der Waals surface area contributed by atoms with Gasteiger partial charge in [0.2, 0.25) is 5.43 Å². The minimum absolute atomic E-state index is 0.00528. The molecule has 1 aromatic heterocycles. The zero-order chi connectivity index (χ0) is 15.7. The number of pyridine rings is 1. The molecule has 0 radical (unpaired) electrons. The van der Waals surface area contributed by atoms with Gasteiger partial charge in [-0.3, -0.25) is 9.59 Å². The van der Waals surface area contributed by atoms with Crippen LogP contribution in [0.2, 0.25) is 0 Å². The van der Waals surface area contributed by atoms with Crippen LogP contribution in [0.4, 0.5) is 4.39 Å². The number of benzene rings is 1. The van der Waals surface area contributed by atoms with Crippen LogP contribution in [0.1, 0.15) is 23.2 Å². The molecule has 3 rings (SSSR count). The molecule has 0 unspecified atom stereocenters. The first kappa shape index (κ1) is 14.7. The second kappa shape index (κ2) is 5.88. The van der Waals surface area contributed by atoms with Crippen LogP contribution in [0.5, 0.6) is 0 Å². The van der Waals surface area contributed by atoms with Gasteiger partial charge in [0.15, 0.2) is 0 Å². The summed E-state index contributed by atoms with van der Waals surface area (Å²) in [4.78, 5) is 24.6. The van der Waals surface area contributed by atoms with Crippen LogP contribution in [-0.2, 0) is 11.8 Å². The summed E-state index contributed by atoms with van der Waals surface area (Å²) in [5.41, 5.74) is 0.137. The SMILES string of the molecule is Cn1cc(C(=O)NC[C@@H]2CCCO2)c(=O)c2cc(F)ccc21. The molecule has 1 amide bonds. The van der Waals surface area contributed by atoms with Crippen LogP contribution in [-0.4, -0.2) is 29.7 Å². The maximum absolute atomic E-state index is 13.4. The van der Waals surface area contributed by atoms with Crippen molar-refractivity contribution in [2.75, 3.05) is 13.2 Å². The van der Waals surface area contributed by atoms with E-state index < -0.39 is 17.2 Å². The number of nitrogens with one attached hydrogen (secondary N) is 1. The Morgan fingerprint density at radius 1 is 1.50 bits per heavy atom. The first-order valence-corrected chi connectivity index (χ1v) is 7.25. The Morgan fingerprint density at radius 3 is 3.05 bits per heavy atom. The monoisotopic (exact) mass is 304 g/mol. The van der Waals surface area contributed by atoms with Crippen LogP contribution >= 0.6 is 0 Å². The molecular formula is C16H17FN2O3. The molecule has 0 spiro atoms. The number of amides is 1. The van der Waals surface area contributed by atoms with Crippen molar-refractivity contribution in [1.29, 1.82) is 0 Å². The smallest absolute Gasteiger partial charge is 0.256 e.